The van der Waals surface area contributed by atoms with Gasteiger partial charge in [-0.2, -0.15) is 0 Å². The molecule has 0 unspecified atom stereocenters. The topological polar surface area (TPSA) is 58.4 Å². The van der Waals surface area contributed by atoms with Gasteiger partial charge in [0, 0.05) is 25.7 Å². The maximum absolute atomic E-state index is 13.8. The van der Waals surface area contributed by atoms with Crippen LogP contribution in [0.2, 0.25) is 0 Å². The summed E-state index contributed by atoms with van der Waals surface area (Å²) in [7, 11) is 0. The van der Waals surface area contributed by atoms with Gasteiger partial charge in [-0.1, -0.05) is 6.07 Å². The number of carbonyl (C=O) groups excluding carboxylic acids is 1. The number of primary amides is 1. The van der Waals surface area contributed by atoms with E-state index in [1.54, 1.807) is 12.1 Å². The van der Waals surface area contributed by atoms with E-state index in [-0.39, 0.29) is 5.56 Å². The van der Waals surface area contributed by atoms with Crippen molar-refractivity contribution in [2.45, 2.75) is 12.5 Å². The van der Waals surface area contributed by atoms with Crippen molar-refractivity contribution in [2.75, 3.05) is 24.5 Å². The molecule has 5 heteroatoms. The Morgan fingerprint density at radius 3 is 3.06 bits per heavy atom. The van der Waals surface area contributed by atoms with Gasteiger partial charge in [0.25, 0.3) is 5.91 Å². The van der Waals surface area contributed by atoms with Gasteiger partial charge >= 0.3 is 0 Å². The van der Waals surface area contributed by atoms with Gasteiger partial charge in [0.1, 0.15) is 5.82 Å². The first kappa shape index (κ1) is 11.5. The maximum Gasteiger partial charge on any atom is 0.253 e. The lowest BCUT2D eigenvalue weighted by atomic mass is 10.0. The Bertz CT molecular complexity index is 491. The van der Waals surface area contributed by atoms with Crippen LogP contribution in [0.25, 0.3) is 0 Å². The highest BCUT2D eigenvalue weighted by molar-refractivity contribution is 5.99. The van der Waals surface area contributed by atoms with Crippen LogP contribution in [-0.2, 0) is 0 Å². The number of carbonyl (C=O) groups is 1. The molecular weight excluding hydrogens is 233 g/mol. The SMILES string of the molecule is NC(=O)c1c(F)cccc1N1CC[C@H]2CNC[C@H]21. The van der Waals surface area contributed by atoms with Gasteiger partial charge < -0.3 is 16.0 Å². The molecule has 4 nitrogen and oxygen atoms in total. The largest absolute Gasteiger partial charge is 0.366 e. The van der Waals surface area contributed by atoms with Crippen molar-refractivity contribution < 1.29 is 9.18 Å². The molecule has 3 rings (SSSR count). The number of benzene rings is 1. The van der Waals surface area contributed by atoms with Crippen LogP contribution >= 0.6 is 0 Å². The number of anilines is 1. The predicted molar refractivity (Wildman–Crippen MR) is 67.0 cm³/mol. The fourth-order valence-electron chi connectivity index (χ4n) is 3.14. The van der Waals surface area contributed by atoms with E-state index in [1.165, 1.54) is 6.07 Å². The molecule has 0 radical (unpaired) electrons. The Morgan fingerprint density at radius 2 is 2.28 bits per heavy atom. The zero-order valence-electron chi connectivity index (χ0n) is 10.0. The highest BCUT2D eigenvalue weighted by Crippen LogP contribution is 2.34. The summed E-state index contributed by atoms with van der Waals surface area (Å²) in [4.78, 5) is 13.6. The summed E-state index contributed by atoms with van der Waals surface area (Å²) in [5, 5.41) is 3.34. The normalized spacial score (nSPS) is 26.4. The van der Waals surface area contributed by atoms with Crippen LogP contribution < -0.4 is 16.0 Å². The van der Waals surface area contributed by atoms with E-state index in [0.29, 0.717) is 17.6 Å². The Hall–Kier alpha value is -1.62. The number of amides is 1. The molecule has 1 aromatic carbocycles. The van der Waals surface area contributed by atoms with Gasteiger partial charge in [-0.15, -0.1) is 0 Å². The van der Waals surface area contributed by atoms with Gasteiger partial charge in [0.2, 0.25) is 0 Å². The summed E-state index contributed by atoms with van der Waals surface area (Å²) >= 11 is 0. The molecule has 2 fully saturated rings. The average molecular weight is 249 g/mol. The molecule has 2 aliphatic heterocycles. The standard InChI is InChI=1S/C13H16FN3O/c14-9-2-1-3-10(12(9)13(15)18)17-5-4-8-6-16-7-11(8)17/h1-3,8,11,16H,4-7H2,(H2,15,18)/t8-,11+/m0/s1. The smallest absolute Gasteiger partial charge is 0.253 e. The van der Waals surface area contributed by atoms with Crippen LogP contribution in [0.15, 0.2) is 18.2 Å². The molecule has 0 saturated carbocycles. The number of fused-ring (bicyclic) bond motifs is 1. The van der Waals surface area contributed by atoms with Crippen molar-refractivity contribution in [1.82, 2.24) is 5.32 Å². The minimum Gasteiger partial charge on any atom is -0.366 e. The quantitative estimate of drug-likeness (QED) is 0.812. The lowest BCUT2D eigenvalue weighted by Crippen LogP contribution is -2.35. The summed E-state index contributed by atoms with van der Waals surface area (Å²) in [6, 6.07) is 5.05. The van der Waals surface area contributed by atoms with Gasteiger partial charge in [0.15, 0.2) is 0 Å². The van der Waals surface area contributed by atoms with Gasteiger partial charge in [-0.3, -0.25) is 4.79 Å². The number of nitrogens with zero attached hydrogens (tertiary/aromatic N) is 1. The number of nitrogens with two attached hydrogens (primary N) is 1. The minimum absolute atomic E-state index is 0.0186. The molecule has 0 spiro atoms. The molecule has 96 valence electrons. The van der Waals surface area contributed by atoms with Crippen LogP contribution in [0, 0.1) is 11.7 Å². The number of nitrogens with one attached hydrogen (secondary N) is 1. The molecule has 0 aromatic heterocycles. The maximum atomic E-state index is 13.8. The second-order valence-corrected chi connectivity index (χ2v) is 4.97. The summed E-state index contributed by atoms with van der Waals surface area (Å²) in [6.45, 7) is 2.75. The van der Waals surface area contributed by atoms with Crippen LogP contribution in [0.1, 0.15) is 16.8 Å². The highest BCUT2D eigenvalue weighted by atomic mass is 19.1. The average Bonchev–Trinajstić information content (AvgIpc) is 2.89. The van der Waals surface area contributed by atoms with Crippen LogP contribution in [0.3, 0.4) is 0 Å². The van der Waals surface area contributed by atoms with Crippen LogP contribution in [0.4, 0.5) is 10.1 Å². The van der Waals surface area contributed by atoms with Crippen molar-refractivity contribution in [3.63, 3.8) is 0 Å². The molecule has 2 heterocycles. The van der Waals surface area contributed by atoms with E-state index in [0.717, 1.165) is 26.1 Å². The van der Waals surface area contributed by atoms with Crippen molar-refractivity contribution >= 4 is 11.6 Å². The number of hydrogen-bond donors (Lipinski definition) is 2. The van der Waals surface area contributed by atoms with Crippen molar-refractivity contribution in [3.8, 4) is 0 Å². The molecule has 1 amide bonds. The predicted octanol–water partition coefficient (Wildman–Crippen LogP) is 0.723. The minimum atomic E-state index is -0.697. The molecule has 3 N–H and O–H groups in total. The van der Waals surface area contributed by atoms with Crippen molar-refractivity contribution in [3.05, 3.63) is 29.6 Å². The fraction of sp³-hybridized carbons (Fsp3) is 0.462. The summed E-state index contributed by atoms with van der Waals surface area (Å²) in [5.41, 5.74) is 5.96. The van der Waals surface area contributed by atoms with Crippen LogP contribution in [0.5, 0.6) is 0 Å². The highest BCUT2D eigenvalue weighted by Gasteiger charge is 2.38. The second kappa shape index (κ2) is 4.24. The van der Waals surface area contributed by atoms with Gasteiger partial charge in [-0.05, 0) is 24.5 Å². The van der Waals surface area contributed by atoms with Crippen molar-refractivity contribution in [2.24, 2.45) is 11.7 Å². The molecule has 18 heavy (non-hydrogen) atoms. The van der Waals surface area contributed by atoms with E-state index in [1.807, 2.05) is 0 Å². The summed E-state index contributed by atoms with van der Waals surface area (Å²) in [6.07, 6.45) is 1.08. The van der Waals surface area contributed by atoms with Crippen molar-refractivity contribution in [1.29, 1.82) is 0 Å². The Morgan fingerprint density at radius 1 is 1.44 bits per heavy atom. The van der Waals surface area contributed by atoms with E-state index in [2.05, 4.69) is 10.2 Å². The van der Waals surface area contributed by atoms with E-state index in [9.17, 15) is 9.18 Å². The summed E-state index contributed by atoms with van der Waals surface area (Å²) in [5.74, 6) is -0.638. The second-order valence-electron chi connectivity index (χ2n) is 4.97. The number of hydrogen-bond acceptors (Lipinski definition) is 3. The first-order valence-electron chi connectivity index (χ1n) is 6.24. The Balaban J connectivity index is 2.02. The third-order valence-electron chi connectivity index (χ3n) is 3.99. The van der Waals surface area contributed by atoms with Gasteiger partial charge in [0.05, 0.1) is 11.3 Å². The third kappa shape index (κ3) is 1.66. The molecule has 0 bridgehead atoms. The zero-order valence-corrected chi connectivity index (χ0v) is 10.0. The Kier molecular flexibility index (Phi) is 2.70. The van der Waals surface area contributed by atoms with Crippen LogP contribution in [-0.4, -0.2) is 31.6 Å². The molecule has 1 aromatic rings. The summed E-state index contributed by atoms with van der Waals surface area (Å²) < 4.78 is 13.8. The van der Waals surface area contributed by atoms with E-state index in [4.69, 9.17) is 5.73 Å². The lowest BCUT2D eigenvalue weighted by Gasteiger charge is -2.27. The molecular formula is C13H16FN3O. The fourth-order valence-corrected chi connectivity index (χ4v) is 3.14. The van der Waals surface area contributed by atoms with E-state index < -0.39 is 11.7 Å². The monoisotopic (exact) mass is 249 g/mol. The molecule has 0 aliphatic carbocycles. The van der Waals surface area contributed by atoms with E-state index >= 15 is 0 Å². The molecule has 2 saturated heterocycles. The zero-order chi connectivity index (χ0) is 12.7. The van der Waals surface area contributed by atoms with Gasteiger partial charge in [-0.25, -0.2) is 4.39 Å². The third-order valence-corrected chi connectivity index (χ3v) is 3.99. The first-order valence-corrected chi connectivity index (χ1v) is 6.24. The molecule has 2 aliphatic rings. The molecule has 2 atom stereocenters. The lowest BCUT2D eigenvalue weighted by molar-refractivity contribution is 0.0997. The number of halogens is 1. The Labute approximate surface area is 105 Å². The first-order chi connectivity index (χ1) is 8.68. The number of rotatable bonds is 2.